The SMILES string of the molecule is C=CC(OC)C1OC(OC2(N)OC(C(C=C)OC)C(C)C=C2C)C(C)=CC1C. The highest BCUT2D eigenvalue weighted by Gasteiger charge is 2.45. The highest BCUT2D eigenvalue weighted by Crippen LogP contribution is 2.36. The van der Waals surface area contributed by atoms with Crippen molar-refractivity contribution in [2.45, 2.75) is 64.3 Å². The van der Waals surface area contributed by atoms with E-state index in [4.69, 9.17) is 29.4 Å². The van der Waals surface area contributed by atoms with Crippen LogP contribution in [-0.2, 0) is 23.7 Å². The highest BCUT2D eigenvalue weighted by atomic mass is 16.8. The molecule has 0 spiro atoms. The Labute approximate surface area is 169 Å². The highest BCUT2D eigenvalue weighted by molar-refractivity contribution is 5.18. The Morgan fingerprint density at radius 1 is 1.04 bits per heavy atom. The minimum Gasteiger partial charge on any atom is -0.375 e. The molecule has 2 heterocycles. The zero-order valence-electron chi connectivity index (χ0n) is 17.9. The third-order valence-corrected chi connectivity index (χ3v) is 5.53. The molecule has 0 fully saturated rings. The van der Waals surface area contributed by atoms with Gasteiger partial charge in [0.25, 0.3) is 5.91 Å². The van der Waals surface area contributed by atoms with Crippen molar-refractivity contribution in [1.29, 1.82) is 0 Å². The number of rotatable bonds is 8. The van der Waals surface area contributed by atoms with Crippen LogP contribution < -0.4 is 5.73 Å². The van der Waals surface area contributed by atoms with Gasteiger partial charge < -0.3 is 23.7 Å². The first kappa shape index (κ1) is 23.0. The number of hydrogen-bond acceptors (Lipinski definition) is 6. The van der Waals surface area contributed by atoms with Gasteiger partial charge in [0.05, 0.1) is 12.2 Å². The fraction of sp³-hybridized carbons (Fsp3) is 0.636. The molecule has 0 amide bonds. The molecular formula is C22H35NO5. The van der Waals surface area contributed by atoms with E-state index in [1.807, 2.05) is 19.9 Å². The maximum Gasteiger partial charge on any atom is 0.251 e. The molecule has 0 aromatic carbocycles. The van der Waals surface area contributed by atoms with Crippen LogP contribution in [0, 0.1) is 11.8 Å². The summed E-state index contributed by atoms with van der Waals surface area (Å²) in [5, 5.41) is 0. The third kappa shape index (κ3) is 4.64. The first-order chi connectivity index (χ1) is 13.2. The fourth-order valence-electron chi connectivity index (χ4n) is 3.84. The average Bonchev–Trinajstić information content (AvgIpc) is 2.65. The van der Waals surface area contributed by atoms with E-state index in [1.165, 1.54) is 0 Å². The van der Waals surface area contributed by atoms with Gasteiger partial charge in [0.15, 0.2) is 6.29 Å². The summed E-state index contributed by atoms with van der Waals surface area (Å²) in [4.78, 5) is 0. The molecule has 0 saturated carbocycles. The zero-order chi connectivity index (χ0) is 21.1. The molecule has 6 nitrogen and oxygen atoms in total. The Hall–Kier alpha value is -1.28. The molecular weight excluding hydrogens is 358 g/mol. The van der Waals surface area contributed by atoms with Gasteiger partial charge in [0, 0.05) is 26.1 Å². The molecule has 28 heavy (non-hydrogen) atoms. The molecule has 2 aliphatic heterocycles. The van der Waals surface area contributed by atoms with Gasteiger partial charge in [-0.1, -0.05) is 38.2 Å². The number of methoxy groups -OCH3 is 2. The first-order valence-corrected chi connectivity index (χ1v) is 9.68. The normalized spacial score (nSPS) is 38.2. The van der Waals surface area contributed by atoms with Gasteiger partial charge in [-0.3, -0.25) is 5.73 Å². The lowest BCUT2D eigenvalue weighted by Crippen LogP contribution is -2.58. The van der Waals surface area contributed by atoms with Crippen LogP contribution in [0.1, 0.15) is 27.7 Å². The van der Waals surface area contributed by atoms with E-state index in [-0.39, 0.29) is 36.3 Å². The number of hydrogen-bond donors (Lipinski definition) is 1. The molecule has 8 atom stereocenters. The van der Waals surface area contributed by atoms with Crippen molar-refractivity contribution in [1.82, 2.24) is 0 Å². The summed E-state index contributed by atoms with van der Waals surface area (Å²) >= 11 is 0. The standard InChI is InChI=1S/C22H35NO5/c1-9-17(24-7)19-13(3)11-15(5)21(26-19)28-22(23)16(6)12-14(4)20(27-22)18(10-2)25-8/h9-14,17-21H,1-2,23H2,3-8H3. The molecule has 0 bridgehead atoms. The van der Waals surface area contributed by atoms with Crippen LogP contribution in [0.5, 0.6) is 0 Å². The van der Waals surface area contributed by atoms with Crippen LogP contribution >= 0.6 is 0 Å². The summed E-state index contributed by atoms with van der Waals surface area (Å²) in [6.45, 7) is 15.6. The summed E-state index contributed by atoms with van der Waals surface area (Å²) in [6.07, 6.45) is 5.83. The Bertz CT molecular complexity index is 630. The summed E-state index contributed by atoms with van der Waals surface area (Å²) in [5.41, 5.74) is 8.28. The molecule has 0 aromatic heterocycles. The van der Waals surface area contributed by atoms with Crippen molar-refractivity contribution in [3.05, 3.63) is 48.6 Å². The van der Waals surface area contributed by atoms with Crippen molar-refractivity contribution < 1.29 is 23.7 Å². The molecule has 2 N–H and O–H groups in total. The van der Waals surface area contributed by atoms with Gasteiger partial charge in [0.1, 0.15) is 12.2 Å². The van der Waals surface area contributed by atoms with Crippen LogP contribution in [-0.4, -0.2) is 50.8 Å². The summed E-state index contributed by atoms with van der Waals surface area (Å²) in [5.74, 6) is -1.19. The second kappa shape index (κ2) is 9.48. The number of nitrogens with two attached hydrogens (primary N) is 1. The quantitative estimate of drug-likeness (QED) is 0.504. The van der Waals surface area contributed by atoms with E-state index in [0.717, 1.165) is 11.1 Å². The summed E-state index contributed by atoms with van der Waals surface area (Å²) in [6, 6.07) is 0. The predicted molar refractivity (Wildman–Crippen MR) is 109 cm³/mol. The molecule has 2 rings (SSSR count). The van der Waals surface area contributed by atoms with E-state index in [9.17, 15) is 0 Å². The van der Waals surface area contributed by atoms with Crippen molar-refractivity contribution in [3.63, 3.8) is 0 Å². The fourth-order valence-corrected chi connectivity index (χ4v) is 3.84. The third-order valence-electron chi connectivity index (χ3n) is 5.53. The molecule has 158 valence electrons. The van der Waals surface area contributed by atoms with E-state index in [2.05, 4.69) is 33.1 Å². The topological polar surface area (TPSA) is 72.2 Å². The Morgan fingerprint density at radius 3 is 2.11 bits per heavy atom. The van der Waals surface area contributed by atoms with Crippen LogP contribution in [0.15, 0.2) is 48.6 Å². The van der Waals surface area contributed by atoms with Crippen LogP contribution in [0.25, 0.3) is 0 Å². The summed E-state index contributed by atoms with van der Waals surface area (Å²) < 4.78 is 29.6. The Kier molecular flexibility index (Phi) is 7.79. The molecule has 0 radical (unpaired) electrons. The van der Waals surface area contributed by atoms with E-state index < -0.39 is 12.2 Å². The Balaban J connectivity index is 2.26. The summed E-state index contributed by atoms with van der Waals surface area (Å²) in [7, 11) is 3.26. The van der Waals surface area contributed by atoms with Crippen molar-refractivity contribution >= 4 is 0 Å². The van der Waals surface area contributed by atoms with Crippen LogP contribution in [0.2, 0.25) is 0 Å². The molecule has 8 unspecified atom stereocenters. The lowest BCUT2D eigenvalue weighted by atomic mass is 9.92. The van der Waals surface area contributed by atoms with Crippen molar-refractivity contribution in [3.8, 4) is 0 Å². The predicted octanol–water partition coefficient (Wildman–Crippen LogP) is 3.31. The van der Waals surface area contributed by atoms with Crippen LogP contribution in [0.4, 0.5) is 0 Å². The average molecular weight is 394 g/mol. The molecule has 6 heteroatoms. The van der Waals surface area contributed by atoms with Gasteiger partial charge in [-0.2, -0.15) is 0 Å². The molecule has 0 aromatic rings. The zero-order valence-corrected chi connectivity index (χ0v) is 17.9. The van der Waals surface area contributed by atoms with Crippen molar-refractivity contribution in [2.75, 3.05) is 14.2 Å². The van der Waals surface area contributed by atoms with Gasteiger partial charge in [-0.15, -0.1) is 13.2 Å². The lowest BCUT2D eigenvalue weighted by molar-refractivity contribution is -0.322. The van der Waals surface area contributed by atoms with Crippen LogP contribution in [0.3, 0.4) is 0 Å². The minimum atomic E-state index is -1.43. The second-order valence-electron chi connectivity index (χ2n) is 7.65. The smallest absolute Gasteiger partial charge is 0.251 e. The molecule has 2 aliphatic rings. The molecule has 0 saturated heterocycles. The Morgan fingerprint density at radius 2 is 1.57 bits per heavy atom. The first-order valence-electron chi connectivity index (χ1n) is 9.68. The largest absolute Gasteiger partial charge is 0.375 e. The van der Waals surface area contributed by atoms with Gasteiger partial charge in [-0.25, -0.2) is 0 Å². The second-order valence-corrected chi connectivity index (χ2v) is 7.65. The lowest BCUT2D eigenvalue weighted by Gasteiger charge is -2.45. The van der Waals surface area contributed by atoms with Gasteiger partial charge >= 0.3 is 0 Å². The van der Waals surface area contributed by atoms with Crippen molar-refractivity contribution in [2.24, 2.45) is 17.6 Å². The minimum absolute atomic E-state index is 0.0959. The number of ether oxygens (including phenoxy) is 5. The monoisotopic (exact) mass is 393 g/mol. The van der Waals surface area contributed by atoms with Gasteiger partial charge in [0.2, 0.25) is 0 Å². The van der Waals surface area contributed by atoms with E-state index >= 15 is 0 Å². The maximum absolute atomic E-state index is 6.56. The van der Waals surface area contributed by atoms with E-state index in [0.29, 0.717) is 0 Å². The van der Waals surface area contributed by atoms with E-state index in [1.54, 1.807) is 26.4 Å². The maximum atomic E-state index is 6.56. The van der Waals surface area contributed by atoms with Gasteiger partial charge in [-0.05, 0) is 25.0 Å². The molecule has 0 aliphatic carbocycles.